The van der Waals surface area contributed by atoms with Crippen LogP contribution in [0.4, 0.5) is 24.7 Å². The van der Waals surface area contributed by atoms with Crippen LogP contribution in [0, 0.1) is 19.3 Å². The van der Waals surface area contributed by atoms with Crippen molar-refractivity contribution in [2.45, 2.75) is 136 Å². The van der Waals surface area contributed by atoms with Crippen LogP contribution in [0.15, 0.2) is 60.1 Å². The Morgan fingerprint density at radius 1 is 0.931 bits per heavy atom. The molecule has 0 bridgehead atoms. The molecule has 5 atom stereocenters. The highest BCUT2D eigenvalue weighted by Gasteiger charge is 2.45. The summed E-state index contributed by atoms with van der Waals surface area (Å²) >= 11 is 1.56. The number of aliphatic hydroxyl groups is 1. The Kier molecular flexibility index (Phi) is 16.5. The summed E-state index contributed by atoms with van der Waals surface area (Å²) in [5, 5.41) is 20.7. The first-order chi connectivity index (χ1) is 34.0. The molecule has 2 fully saturated rings. The van der Waals surface area contributed by atoms with Gasteiger partial charge in [-0.1, -0.05) is 45.0 Å². The number of nitrogen functional groups attached to an aromatic ring is 1. The van der Waals surface area contributed by atoms with Gasteiger partial charge in [0.25, 0.3) is 0 Å². The molecule has 72 heavy (non-hydrogen) atoms. The number of halogens is 3. The Bertz CT molecular complexity index is 2770. The van der Waals surface area contributed by atoms with Crippen LogP contribution in [-0.4, -0.2) is 97.9 Å². The van der Waals surface area contributed by atoms with Gasteiger partial charge in [0.1, 0.15) is 29.5 Å². The number of hydrogen-bond donors (Lipinski definition) is 5. The number of piperidine rings is 1. The van der Waals surface area contributed by atoms with E-state index in [1.54, 1.807) is 42.5 Å². The zero-order valence-corrected chi connectivity index (χ0v) is 43.0. The summed E-state index contributed by atoms with van der Waals surface area (Å²) in [6, 6.07) is 12.3. The number of rotatable bonds is 16. The van der Waals surface area contributed by atoms with Crippen molar-refractivity contribution in [2.24, 2.45) is 5.41 Å². The number of carbonyl (C=O) groups is 4. The van der Waals surface area contributed by atoms with E-state index in [-0.39, 0.29) is 61.4 Å². The molecule has 0 aliphatic carbocycles. The first-order valence-corrected chi connectivity index (χ1v) is 25.4. The standard InChI is InChI=1S/C53H66F3N9O6S/c1-29(34-12-14-36(15-13-34)47-31(3)58-28-72-47)60-50(69)44-24-40(67)27-65(44)51(70)48(52(6,7)8)63-46(68)11-9-10-20-71-45-26-43-42(25-41(45)35-16-18-64(19-17-35)33(5)66)49(62-32(4)61-43)59-30(2)37-21-38(53(54,55)56)23-39(57)22-37/h12-15,21-23,25-26,28-30,35,40,44,48,67H,9-11,16-20,24,27,57H2,1-8H3,(H,60,69)(H,63,68)(H,59,61,62)/t29-,30+,40+,44-,48+/m0/s1. The van der Waals surface area contributed by atoms with Crippen molar-refractivity contribution in [1.82, 2.24) is 35.4 Å². The second-order valence-electron chi connectivity index (χ2n) is 20.2. The summed E-state index contributed by atoms with van der Waals surface area (Å²) in [5.74, 6) is 0.289. The predicted octanol–water partition coefficient (Wildman–Crippen LogP) is 8.79. The fourth-order valence-electron chi connectivity index (χ4n) is 9.55. The van der Waals surface area contributed by atoms with Crippen molar-refractivity contribution in [2.75, 3.05) is 37.3 Å². The van der Waals surface area contributed by atoms with Gasteiger partial charge in [-0.05, 0) is 111 Å². The number of β-amino-alcohol motifs (C(OH)–C–C–N with tert-alkyl or cyclic N) is 1. The molecule has 0 spiro atoms. The summed E-state index contributed by atoms with van der Waals surface area (Å²) in [7, 11) is 0. The number of aromatic nitrogens is 3. The number of aliphatic hydroxyl groups excluding tert-OH is 1. The molecule has 2 saturated heterocycles. The molecular weight excluding hydrogens is 948 g/mol. The highest BCUT2D eigenvalue weighted by molar-refractivity contribution is 7.13. The van der Waals surface area contributed by atoms with Gasteiger partial charge in [0.15, 0.2) is 0 Å². The van der Waals surface area contributed by atoms with Crippen LogP contribution in [0.5, 0.6) is 5.75 Å². The first kappa shape index (κ1) is 53.5. The number of anilines is 2. The van der Waals surface area contributed by atoms with E-state index in [1.807, 2.05) is 71.0 Å². The fraction of sp³-hybridized carbons (Fsp3) is 0.491. The largest absolute Gasteiger partial charge is 0.493 e. The van der Waals surface area contributed by atoms with Crippen LogP contribution in [0.3, 0.4) is 0 Å². The van der Waals surface area contributed by atoms with Crippen LogP contribution in [-0.2, 0) is 25.4 Å². The van der Waals surface area contributed by atoms with Gasteiger partial charge in [-0.3, -0.25) is 19.2 Å². The van der Waals surface area contributed by atoms with Gasteiger partial charge < -0.3 is 41.3 Å². The van der Waals surface area contributed by atoms with Gasteiger partial charge in [-0.15, -0.1) is 11.3 Å². The molecule has 7 rings (SSSR count). The van der Waals surface area contributed by atoms with Crippen molar-refractivity contribution in [1.29, 1.82) is 0 Å². The fourth-order valence-corrected chi connectivity index (χ4v) is 10.4. The maximum absolute atomic E-state index is 14.3. The van der Waals surface area contributed by atoms with Crippen molar-refractivity contribution in [3.05, 3.63) is 93.9 Å². The topological polar surface area (TPSA) is 205 Å². The number of nitrogens with one attached hydrogen (secondary N) is 3. The Morgan fingerprint density at radius 2 is 1.64 bits per heavy atom. The Morgan fingerprint density at radius 3 is 2.28 bits per heavy atom. The van der Waals surface area contributed by atoms with Crippen molar-refractivity contribution in [3.8, 4) is 16.2 Å². The number of unbranched alkanes of at least 4 members (excludes halogenated alkanes) is 1. The van der Waals surface area contributed by atoms with Gasteiger partial charge in [-0.25, -0.2) is 15.0 Å². The number of hydrogen-bond acceptors (Lipinski definition) is 12. The van der Waals surface area contributed by atoms with E-state index in [4.69, 9.17) is 15.5 Å². The lowest BCUT2D eigenvalue weighted by Crippen LogP contribution is -2.57. The van der Waals surface area contributed by atoms with Gasteiger partial charge in [0.05, 0.1) is 52.0 Å². The van der Waals surface area contributed by atoms with Crippen LogP contribution in [0.1, 0.15) is 132 Å². The molecule has 4 heterocycles. The van der Waals surface area contributed by atoms with Gasteiger partial charge >= 0.3 is 6.18 Å². The minimum atomic E-state index is -4.57. The molecule has 0 saturated carbocycles. The third-order valence-electron chi connectivity index (χ3n) is 13.6. The molecule has 15 nitrogen and oxygen atoms in total. The zero-order valence-electron chi connectivity index (χ0n) is 42.2. The number of amides is 4. The number of likely N-dealkylation sites (tertiary alicyclic amines) is 2. The molecule has 2 aromatic heterocycles. The molecule has 0 radical (unpaired) electrons. The monoisotopic (exact) mass is 1010 g/mol. The number of carbonyl (C=O) groups excluding carboxylic acids is 4. The van der Waals surface area contributed by atoms with E-state index < -0.39 is 47.3 Å². The number of nitrogens with two attached hydrogens (primary N) is 1. The van der Waals surface area contributed by atoms with E-state index in [2.05, 4.69) is 25.9 Å². The number of nitrogens with zero attached hydrogens (tertiary/aromatic N) is 5. The quantitative estimate of drug-likeness (QED) is 0.0467. The smallest absolute Gasteiger partial charge is 0.416 e. The van der Waals surface area contributed by atoms with Crippen LogP contribution < -0.4 is 26.4 Å². The van der Waals surface area contributed by atoms with Gasteiger partial charge in [0, 0.05) is 56.5 Å². The Labute approximate surface area is 422 Å². The third-order valence-corrected chi connectivity index (χ3v) is 14.6. The first-order valence-electron chi connectivity index (χ1n) is 24.5. The molecule has 386 valence electrons. The number of alkyl halides is 3. The molecule has 5 aromatic rings. The Balaban J connectivity index is 0.995. The van der Waals surface area contributed by atoms with E-state index >= 15 is 0 Å². The summed E-state index contributed by atoms with van der Waals surface area (Å²) in [5.41, 5.74) is 10.8. The molecule has 19 heteroatoms. The Hall–Kier alpha value is -6.34. The van der Waals surface area contributed by atoms with Gasteiger partial charge in [0.2, 0.25) is 23.6 Å². The molecule has 2 aliphatic rings. The lowest BCUT2D eigenvalue weighted by Gasteiger charge is -2.35. The maximum atomic E-state index is 14.3. The van der Waals surface area contributed by atoms with E-state index in [0.717, 1.165) is 39.4 Å². The third kappa shape index (κ3) is 12.8. The van der Waals surface area contributed by atoms with Crippen molar-refractivity contribution >= 4 is 57.4 Å². The second-order valence-corrected chi connectivity index (χ2v) is 21.1. The minimum Gasteiger partial charge on any atom is -0.493 e. The SMILES string of the molecule is CC(=O)N1CCC(c2cc3c(N[C@H](C)c4cc(N)cc(C(F)(F)F)c4)nc(C)nc3cc2OCCCCC(=O)N[C@H](C(=O)N2C[C@H](O)C[C@H]2C(=O)N[C@@H](C)c2ccc(-c3scnc3C)cc2)C(C)(C)C)CC1. The van der Waals surface area contributed by atoms with Crippen LogP contribution in [0.25, 0.3) is 21.3 Å². The highest BCUT2D eigenvalue weighted by Crippen LogP contribution is 2.40. The summed E-state index contributed by atoms with van der Waals surface area (Å²) in [6.07, 6.45) is -3.05. The molecule has 2 aliphatic heterocycles. The molecule has 4 amide bonds. The minimum absolute atomic E-state index is 0.00144. The summed E-state index contributed by atoms with van der Waals surface area (Å²) in [6.45, 7) is 15.7. The molecule has 0 unspecified atom stereocenters. The molecule has 6 N–H and O–H groups in total. The molecular formula is C53H66F3N9O6S. The van der Waals surface area contributed by atoms with Crippen molar-refractivity contribution < 1.29 is 42.2 Å². The van der Waals surface area contributed by atoms with E-state index in [0.29, 0.717) is 72.6 Å². The van der Waals surface area contributed by atoms with Gasteiger partial charge in [-0.2, -0.15) is 13.2 Å². The zero-order chi connectivity index (χ0) is 52.2. The second kappa shape index (κ2) is 22.2. The summed E-state index contributed by atoms with van der Waals surface area (Å²) < 4.78 is 47.6. The van der Waals surface area contributed by atoms with Crippen LogP contribution >= 0.6 is 11.3 Å². The van der Waals surface area contributed by atoms with Crippen LogP contribution in [0.2, 0.25) is 0 Å². The average Bonchev–Trinajstić information content (AvgIpc) is 3.94. The highest BCUT2D eigenvalue weighted by atomic mass is 32.1. The molecule has 3 aromatic carbocycles. The number of fused-ring (bicyclic) bond motifs is 1. The number of aryl methyl sites for hydroxylation is 2. The maximum Gasteiger partial charge on any atom is 0.416 e. The lowest BCUT2D eigenvalue weighted by molar-refractivity contribution is -0.144. The summed E-state index contributed by atoms with van der Waals surface area (Å²) in [4.78, 5) is 71.9. The normalized spacial score (nSPS) is 17.9. The van der Waals surface area contributed by atoms with E-state index in [1.165, 1.54) is 11.0 Å². The van der Waals surface area contributed by atoms with Crippen molar-refractivity contribution in [3.63, 3.8) is 0 Å². The number of thiazole rings is 1. The number of ether oxygens (including phenoxy) is 1. The average molecular weight is 1010 g/mol. The predicted molar refractivity (Wildman–Crippen MR) is 272 cm³/mol. The number of benzene rings is 3. The van der Waals surface area contributed by atoms with E-state index in [9.17, 15) is 37.5 Å². The lowest BCUT2D eigenvalue weighted by atomic mass is 9.85.